The Morgan fingerprint density at radius 3 is 2.79 bits per heavy atom. The van der Waals surface area contributed by atoms with E-state index in [0.29, 0.717) is 0 Å². The van der Waals surface area contributed by atoms with Crippen LogP contribution in [0.2, 0.25) is 0 Å². The molecule has 3 nitrogen and oxygen atoms in total. The van der Waals surface area contributed by atoms with E-state index in [9.17, 15) is 0 Å². The average Bonchev–Trinajstić information content (AvgIpc) is 2.41. The fourth-order valence-corrected chi connectivity index (χ4v) is 2.20. The van der Waals surface area contributed by atoms with Crippen molar-refractivity contribution in [2.45, 2.75) is 18.9 Å². The molecule has 0 aliphatic rings. The Morgan fingerprint density at radius 1 is 1.26 bits per heavy atom. The summed E-state index contributed by atoms with van der Waals surface area (Å²) in [4.78, 5) is 4.34. The lowest BCUT2D eigenvalue weighted by molar-refractivity contribution is 0.414. The number of ether oxygens (including phenoxy) is 1. The molecule has 0 bridgehead atoms. The van der Waals surface area contributed by atoms with Crippen LogP contribution in [-0.4, -0.2) is 18.1 Å². The number of methoxy groups -OCH3 is 1. The maximum atomic E-state index is 6.17. The molecule has 0 aliphatic carbocycles. The van der Waals surface area contributed by atoms with E-state index in [1.54, 1.807) is 13.3 Å². The van der Waals surface area contributed by atoms with Crippen molar-refractivity contribution in [1.82, 2.24) is 4.98 Å². The fraction of sp³-hybridized carbons (Fsp3) is 0.267. The number of benzene rings is 1. The molecule has 100 valence electrons. The molecule has 0 saturated heterocycles. The van der Waals surface area contributed by atoms with Crippen molar-refractivity contribution < 1.29 is 4.74 Å². The van der Waals surface area contributed by atoms with Gasteiger partial charge in [0.25, 0.3) is 0 Å². The van der Waals surface area contributed by atoms with Gasteiger partial charge in [0.1, 0.15) is 5.75 Å². The summed E-state index contributed by atoms with van der Waals surface area (Å²) in [6.07, 6.45) is 3.38. The van der Waals surface area contributed by atoms with Crippen molar-refractivity contribution in [3.8, 4) is 5.75 Å². The topological polar surface area (TPSA) is 48.1 Å². The molecule has 2 aromatic rings. The third kappa shape index (κ3) is 4.33. The van der Waals surface area contributed by atoms with Gasteiger partial charge in [-0.3, -0.25) is 4.98 Å². The van der Waals surface area contributed by atoms with Crippen LogP contribution in [0.15, 0.2) is 47.1 Å². The second-order valence-corrected chi connectivity index (χ2v) is 5.40. The Morgan fingerprint density at radius 2 is 2.11 bits per heavy atom. The maximum absolute atomic E-state index is 6.17. The van der Waals surface area contributed by atoms with Crippen molar-refractivity contribution in [3.63, 3.8) is 0 Å². The standard InChI is InChI=1S/C15H17BrN2O/c1-19-15-4-2-3-11(8-15)7-13(17)9-14-6-5-12(16)10-18-14/h2-6,8,10,13H,7,9,17H2,1H3. The number of pyridine rings is 1. The molecule has 0 aliphatic heterocycles. The van der Waals surface area contributed by atoms with Gasteiger partial charge in [-0.15, -0.1) is 0 Å². The molecule has 1 atom stereocenters. The lowest BCUT2D eigenvalue weighted by Gasteiger charge is -2.12. The van der Waals surface area contributed by atoms with E-state index in [0.717, 1.165) is 28.8 Å². The Labute approximate surface area is 121 Å². The van der Waals surface area contributed by atoms with E-state index >= 15 is 0 Å². The third-order valence-corrected chi connectivity index (χ3v) is 3.36. The molecule has 4 heteroatoms. The van der Waals surface area contributed by atoms with E-state index in [1.165, 1.54) is 5.56 Å². The van der Waals surface area contributed by atoms with E-state index in [1.807, 2.05) is 30.3 Å². The molecule has 0 fully saturated rings. The number of halogens is 1. The van der Waals surface area contributed by atoms with Crippen LogP contribution < -0.4 is 10.5 Å². The summed E-state index contributed by atoms with van der Waals surface area (Å²) in [7, 11) is 1.67. The summed E-state index contributed by atoms with van der Waals surface area (Å²) >= 11 is 3.37. The number of hydrogen-bond donors (Lipinski definition) is 1. The predicted octanol–water partition coefficient (Wildman–Crippen LogP) is 2.97. The second-order valence-electron chi connectivity index (χ2n) is 4.49. The highest BCUT2D eigenvalue weighted by atomic mass is 79.9. The minimum absolute atomic E-state index is 0.0563. The van der Waals surface area contributed by atoms with Gasteiger partial charge in [-0.2, -0.15) is 0 Å². The maximum Gasteiger partial charge on any atom is 0.119 e. The van der Waals surface area contributed by atoms with Crippen molar-refractivity contribution in [2.75, 3.05) is 7.11 Å². The molecule has 0 amide bonds. The van der Waals surface area contributed by atoms with Crippen LogP contribution in [-0.2, 0) is 12.8 Å². The van der Waals surface area contributed by atoms with Crippen molar-refractivity contribution >= 4 is 15.9 Å². The number of rotatable bonds is 5. The zero-order valence-electron chi connectivity index (χ0n) is 10.8. The first-order valence-corrected chi connectivity index (χ1v) is 6.95. The summed E-state index contributed by atoms with van der Waals surface area (Å²) < 4.78 is 6.19. The average molecular weight is 321 g/mol. The fourth-order valence-electron chi connectivity index (χ4n) is 1.97. The smallest absolute Gasteiger partial charge is 0.119 e. The van der Waals surface area contributed by atoms with Gasteiger partial charge in [-0.05, 0) is 52.2 Å². The van der Waals surface area contributed by atoms with Gasteiger partial charge in [0.2, 0.25) is 0 Å². The van der Waals surface area contributed by atoms with Gasteiger partial charge in [0.05, 0.1) is 7.11 Å². The number of nitrogens with zero attached hydrogens (tertiary/aromatic N) is 1. The molecule has 2 rings (SSSR count). The van der Waals surface area contributed by atoms with Gasteiger partial charge in [-0.1, -0.05) is 12.1 Å². The first-order valence-electron chi connectivity index (χ1n) is 6.16. The molecular weight excluding hydrogens is 304 g/mol. The quantitative estimate of drug-likeness (QED) is 0.921. The molecule has 0 radical (unpaired) electrons. The van der Waals surface area contributed by atoms with Gasteiger partial charge in [0, 0.05) is 28.8 Å². The highest BCUT2D eigenvalue weighted by Gasteiger charge is 2.07. The minimum atomic E-state index is 0.0563. The molecule has 1 unspecified atom stereocenters. The van der Waals surface area contributed by atoms with Gasteiger partial charge < -0.3 is 10.5 Å². The lowest BCUT2D eigenvalue weighted by Crippen LogP contribution is -2.25. The summed E-state index contributed by atoms with van der Waals surface area (Å²) in [6, 6.07) is 12.0. The summed E-state index contributed by atoms with van der Waals surface area (Å²) in [5.41, 5.74) is 8.37. The van der Waals surface area contributed by atoms with E-state index < -0.39 is 0 Å². The first kappa shape index (κ1) is 14.0. The van der Waals surface area contributed by atoms with Gasteiger partial charge in [0.15, 0.2) is 0 Å². The largest absolute Gasteiger partial charge is 0.497 e. The summed E-state index contributed by atoms with van der Waals surface area (Å²) in [5, 5.41) is 0. The molecule has 0 spiro atoms. The van der Waals surface area contributed by atoms with E-state index in [4.69, 9.17) is 10.5 Å². The van der Waals surface area contributed by atoms with Gasteiger partial charge in [-0.25, -0.2) is 0 Å². The Kier molecular flexibility index (Phi) is 4.93. The molecule has 2 N–H and O–H groups in total. The van der Waals surface area contributed by atoms with Crippen LogP contribution in [0.25, 0.3) is 0 Å². The number of hydrogen-bond acceptors (Lipinski definition) is 3. The minimum Gasteiger partial charge on any atom is -0.497 e. The molecule has 1 heterocycles. The summed E-state index contributed by atoms with van der Waals surface area (Å²) in [6.45, 7) is 0. The predicted molar refractivity (Wildman–Crippen MR) is 80.3 cm³/mol. The first-order chi connectivity index (χ1) is 9.17. The molecular formula is C15H17BrN2O. The van der Waals surface area contributed by atoms with Crippen LogP contribution in [0.1, 0.15) is 11.3 Å². The molecule has 1 aromatic carbocycles. The Hall–Kier alpha value is -1.39. The van der Waals surface area contributed by atoms with Crippen molar-refractivity contribution in [1.29, 1.82) is 0 Å². The van der Waals surface area contributed by atoms with Crippen molar-refractivity contribution in [3.05, 3.63) is 58.3 Å². The zero-order chi connectivity index (χ0) is 13.7. The van der Waals surface area contributed by atoms with Crippen LogP contribution >= 0.6 is 15.9 Å². The highest BCUT2D eigenvalue weighted by Crippen LogP contribution is 2.15. The van der Waals surface area contributed by atoms with Crippen LogP contribution in [0.5, 0.6) is 5.75 Å². The molecule has 1 aromatic heterocycles. The SMILES string of the molecule is COc1cccc(CC(N)Cc2ccc(Br)cn2)c1. The number of aromatic nitrogens is 1. The number of nitrogens with two attached hydrogens (primary N) is 1. The van der Waals surface area contributed by atoms with Crippen molar-refractivity contribution in [2.24, 2.45) is 5.73 Å². The van der Waals surface area contributed by atoms with Crippen LogP contribution in [0.4, 0.5) is 0 Å². The van der Waals surface area contributed by atoms with E-state index in [2.05, 4.69) is 27.0 Å². The summed E-state index contributed by atoms with van der Waals surface area (Å²) in [5.74, 6) is 0.867. The Bertz CT molecular complexity index is 528. The molecule has 19 heavy (non-hydrogen) atoms. The lowest BCUT2D eigenvalue weighted by atomic mass is 10.0. The van der Waals surface area contributed by atoms with Gasteiger partial charge >= 0.3 is 0 Å². The molecule has 0 saturated carbocycles. The third-order valence-electron chi connectivity index (χ3n) is 2.89. The highest BCUT2D eigenvalue weighted by molar-refractivity contribution is 9.10. The Balaban J connectivity index is 1.96. The zero-order valence-corrected chi connectivity index (χ0v) is 12.4. The normalized spacial score (nSPS) is 12.2. The monoisotopic (exact) mass is 320 g/mol. The van der Waals surface area contributed by atoms with E-state index in [-0.39, 0.29) is 6.04 Å². The second kappa shape index (κ2) is 6.68. The van der Waals surface area contributed by atoms with Crippen LogP contribution in [0, 0.1) is 0 Å². The van der Waals surface area contributed by atoms with Crippen LogP contribution in [0.3, 0.4) is 0 Å².